The summed E-state index contributed by atoms with van der Waals surface area (Å²) < 4.78 is 7.25. The maximum absolute atomic E-state index is 5.54. The molecule has 0 bridgehead atoms. The second-order valence-electron chi connectivity index (χ2n) is 19.2. The van der Waals surface area contributed by atoms with Crippen LogP contribution in [-0.4, -0.2) is 28.7 Å². The van der Waals surface area contributed by atoms with Crippen molar-refractivity contribution in [1.29, 1.82) is 0 Å². The van der Waals surface area contributed by atoms with Gasteiger partial charge in [-0.25, -0.2) is 4.98 Å². The Morgan fingerprint density at radius 2 is 0.627 bits per heavy atom. The highest BCUT2D eigenvalue weighted by Crippen LogP contribution is 2.47. The Balaban J connectivity index is 1.07. The van der Waals surface area contributed by atoms with E-state index >= 15 is 0 Å². The van der Waals surface area contributed by atoms with Crippen molar-refractivity contribution in [3.8, 4) is 73.5 Å². The Kier molecular flexibility index (Phi) is 9.78. The maximum atomic E-state index is 5.54. The molecule has 6 heteroatoms. The van der Waals surface area contributed by atoms with Crippen LogP contribution >= 0.6 is 0 Å². The summed E-state index contributed by atoms with van der Waals surface area (Å²) in [6.45, 7) is 0. The molecule has 0 spiro atoms. The van der Waals surface area contributed by atoms with Crippen molar-refractivity contribution in [2.75, 3.05) is 0 Å². The van der Waals surface area contributed by atoms with Crippen molar-refractivity contribution in [3.05, 3.63) is 267 Å². The van der Waals surface area contributed by atoms with Crippen molar-refractivity contribution < 1.29 is 0 Å². The van der Waals surface area contributed by atoms with Gasteiger partial charge in [0.15, 0.2) is 11.6 Å². The fourth-order valence-electron chi connectivity index (χ4n) is 11.5. The van der Waals surface area contributed by atoms with E-state index in [4.69, 9.17) is 15.0 Å². The van der Waals surface area contributed by atoms with Gasteiger partial charge >= 0.3 is 0 Å². The molecule has 0 aliphatic carbocycles. The lowest BCUT2D eigenvalue weighted by atomic mass is 10.0. The largest absolute Gasteiger partial charge is 0.309 e. The molecule has 0 aliphatic heterocycles. The number of hydrogen-bond donors (Lipinski definition) is 0. The van der Waals surface area contributed by atoms with Gasteiger partial charge in [-0.3, -0.25) is 4.57 Å². The fourth-order valence-corrected chi connectivity index (χ4v) is 11.5. The summed E-state index contributed by atoms with van der Waals surface area (Å²) in [6, 6.07) is 95.3. The fraction of sp³-hybridized carbons (Fsp3) is 0. The Bertz CT molecular complexity index is 4510. The molecular weight excluding hydrogens is 913 g/mol. The normalized spacial score (nSPS) is 11.7. The predicted molar refractivity (Wildman–Crippen MR) is 310 cm³/mol. The van der Waals surface area contributed by atoms with Crippen molar-refractivity contribution in [2.45, 2.75) is 0 Å². The molecule has 0 aliphatic rings. The summed E-state index contributed by atoms with van der Waals surface area (Å²) in [6.07, 6.45) is 0. The highest BCUT2D eigenvalue weighted by atomic mass is 15.2. The number of hydrogen-bond acceptors (Lipinski definition) is 3. The Labute approximate surface area is 432 Å². The van der Waals surface area contributed by atoms with Crippen molar-refractivity contribution in [3.63, 3.8) is 0 Å². The average molecular weight is 957 g/mol. The van der Waals surface area contributed by atoms with E-state index in [9.17, 15) is 0 Å². The molecule has 0 fully saturated rings. The summed E-state index contributed by atoms with van der Waals surface area (Å²) in [4.78, 5) is 16.4. The third-order valence-corrected chi connectivity index (χ3v) is 14.9. The van der Waals surface area contributed by atoms with Crippen molar-refractivity contribution >= 4 is 65.4 Å². The number of benzene rings is 11. The average Bonchev–Trinajstić information content (AvgIpc) is 4.14. The van der Waals surface area contributed by atoms with E-state index in [0.29, 0.717) is 17.6 Å². The van der Waals surface area contributed by atoms with Gasteiger partial charge in [-0.1, -0.05) is 224 Å². The summed E-state index contributed by atoms with van der Waals surface area (Å²) in [5.41, 5.74) is 17.2. The maximum Gasteiger partial charge on any atom is 0.238 e. The lowest BCUT2D eigenvalue weighted by Gasteiger charge is -2.16. The van der Waals surface area contributed by atoms with Crippen LogP contribution in [0.15, 0.2) is 267 Å². The van der Waals surface area contributed by atoms with Crippen LogP contribution in [0.1, 0.15) is 0 Å². The van der Waals surface area contributed by atoms with E-state index in [-0.39, 0.29) is 0 Å². The Hall–Kier alpha value is -10.2. The summed E-state index contributed by atoms with van der Waals surface area (Å²) in [7, 11) is 0. The van der Waals surface area contributed by atoms with Crippen LogP contribution in [0.25, 0.3) is 139 Å². The molecule has 15 rings (SSSR count). The van der Waals surface area contributed by atoms with Gasteiger partial charge in [0.25, 0.3) is 0 Å². The van der Waals surface area contributed by atoms with Gasteiger partial charge in [-0.15, -0.1) is 0 Å². The van der Waals surface area contributed by atoms with Crippen LogP contribution in [0.5, 0.6) is 0 Å². The molecule has 0 amide bonds. The number of nitrogens with zero attached hydrogens (tertiary/aromatic N) is 6. The van der Waals surface area contributed by atoms with E-state index < -0.39 is 0 Å². The van der Waals surface area contributed by atoms with E-state index in [1.165, 1.54) is 10.8 Å². The standard InChI is InChI=1S/C69H44N6/c1-4-19-45(20-5-1)48-35-39-50(40-36-48)67-70-68(51-41-37-49(38-42-51)46-21-6-2-7-22-46)72-69(71-67)75-61-33-16-12-29-56(61)58-44-63(74-59-31-14-10-27-54(59)55-28-11-15-32-60(55)74)64-57-30-13-17-34-62(57)73(66(64)65(58)75)53-26-18-25-52(43-53)47-23-8-3-9-24-47/h1-44H. The van der Waals surface area contributed by atoms with Crippen molar-refractivity contribution in [2.24, 2.45) is 0 Å². The van der Waals surface area contributed by atoms with Gasteiger partial charge in [-0.05, 0) is 75.8 Å². The molecule has 0 unspecified atom stereocenters. The quantitative estimate of drug-likeness (QED) is 0.152. The molecule has 4 aromatic heterocycles. The molecule has 0 saturated carbocycles. The van der Waals surface area contributed by atoms with E-state index in [1.54, 1.807) is 0 Å². The van der Waals surface area contributed by atoms with Gasteiger partial charge in [0.05, 0.1) is 38.8 Å². The molecule has 75 heavy (non-hydrogen) atoms. The molecule has 0 radical (unpaired) electrons. The lowest BCUT2D eigenvalue weighted by Crippen LogP contribution is -2.07. The minimum atomic E-state index is 0.529. The monoisotopic (exact) mass is 956 g/mol. The molecular formula is C69H44N6. The zero-order chi connectivity index (χ0) is 49.4. The van der Waals surface area contributed by atoms with Crippen LogP contribution in [-0.2, 0) is 0 Å². The Morgan fingerprint density at radius 1 is 0.240 bits per heavy atom. The van der Waals surface area contributed by atoms with Crippen LogP contribution in [0.2, 0.25) is 0 Å². The summed E-state index contributed by atoms with van der Waals surface area (Å²) >= 11 is 0. The molecule has 0 N–H and O–H groups in total. The van der Waals surface area contributed by atoms with Crippen LogP contribution < -0.4 is 0 Å². The zero-order valence-corrected chi connectivity index (χ0v) is 40.6. The molecule has 11 aromatic carbocycles. The topological polar surface area (TPSA) is 53.5 Å². The van der Waals surface area contributed by atoms with Crippen LogP contribution in [0.3, 0.4) is 0 Å². The molecule has 0 atom stereocenters. The van der Waals surface area contributed by atoms with Crippen molar-refractivity contribution in [1.82, 2.24) is 28.7 Å². The first kappa shape index (κ1) is 42.5. The zero-order valence-electron chi connectivity index (χ0n) is 40.6. The minimum Gasteiger partial charge on any atom is -0.309 e. The van der Waals surface area contributed by atoms with E-state index in [1.807, 2.05) is 12.1 Å². The minimum absolute atomic E-state index is 0.529. The number of rotatable bonds is 8. The third-order valence-electron chi connectivity index (χ3n) is 14.9. The first-order chi connectivity index (χ1) is 37.2. The second-order valence-corrected chi connectivity index (χ2v) is 19.2. The van der Waals surface area contributed by atoms with Gasteiger partial charge in [0, 0.05) is 49.1 Å². The van der Waals surface area contributed by atoms with Gasteiger partial charge in [-0.2, -0.15) is 9.97 Å². The van der Waals surface area contributed by atoms with E-state index in [0.717, 1.165) is 111 Å². The summed E-state index contributed by atoms with van der Waals surface area (Å²) in [5.74, 6) is 1.70. The Morgan fingerprint density at radius 3 is 1.15 bits per heavy atom. The molecule has 6 nitrogen and oxygen atoms in total. The smallest absolute Gasteiger partial charge is 0.238 e. The van der Waals surface area contributed by atoms with E-state index in [2.05, 4.69) is 268 Å². The molecule has 0 saturated heterocycles. The highest BCUT2D eigenvalue weighted by Gasteiger charge is 2.28. The first-order valence-electron chi connectivity index (χ1n) is 25.4. The highest BCUT2D eigenvalue weighted by molar-refractivity contribution is 6.27. The molecule has 4 heterocycles. The SMILES string of the molecule is c1ccc(-c2ccc(-c3nc(-c4ccc(-c5ccccc5)cc4)nc(-n4c5ccccc5c5cc(-n6c7ccccc7c7ccccc76)c6c7ccccc7n(-c7cccc(-c8ccccc8)c7)c6c54)n3)cc2)cc1. The van der Waals surface area contributed by atoms with Crippen LogP contribution in [0, 0.1) is 0 Å². The molecule has 350 valence electrons. The van der Waals surface area contributed by atoms with Gasteiger partial charge in [0.2, 0.25) is 5.95 Å². The van der Waals surface area contributed by atoms with Gasteiger partial charge in [0.1, 0.15) is 0 Å². The summed E-state index contributed by atoms with van der Waals surface area (Å²) in [5, 5.41) is 6.86. The van der Waals surface area contributed by atoms with Crippen LogP contribution in [0.4, 0.5) is 0 Å². The number of fused-ring (bicyclic) bond motifs is 10. The lowest BCUT2D eigenvalue weighted by molar-refractivity contribution is 0.953. The molecule has 15 aromatic rings. The second kappa shape index (κ2) is 17.3. The number of aromatic nitrogens is 6. The third kappa shape index (κ3) is 6.92. The predicted octanol–water partition coefficient (Wildman–Crippen LogP) is 17.5. The van der Waals surface area contributed by atoms with Gasteiger partial charge < -0.3 is 9.13 Å². The number of para-hydroxylation sites is 4. The first-order valence-corrected chi connectivity index (χ1v) is 25.4.